The molecule has 0 aliphatic heterocycles. The second-order valence-electron chi connectivity index (χ2n) is 10.8. The molecule has 0 heterocycles. The third kappa shape index (κ3) is 6.98. The highest BCUT2D eigenvalue weighted by Crippen LogP contribution is 2.35. The quantitative estimate of drug-likeness (QED) is 0.465. The third-order valence-electron chi connectivity index (χ3n) is 5.74. The second-order valence-corrected chi connectivity index (χ2v) is 10.8. The minimum Gasteiger partial charge on any atom is -0.483 e. The molecule has 3 aromatic rings. The SMILES string of the molecule is CC(Oc1ccc2ccccc2c1)C(=O)NNC(=O)COc1ccc(C(C)(C)C)cc1C(C)(C)C. The molecule has 2 amide bonds. The fraction of sp³-hybridized carbons (Fsp3) is 0.379. The molecule has 0 spiro atoms. The molecule has 0 aliphatic rings. The number of amides is 2. The van der Waals surface area contributed by atoms with Gasteiger partial charge in [-0.1, -0.05) is 84.0 Å². The Morgan fingerprint density at radius 3 is 2.17 bits per heavy atom. The van der Waals surface area contributed by atoms with Crippen LogP contribution in [0.3, 0.4) is 0 Å². The fourth-order valence-electron chi connectivity index (χ4n) is 3.62. The zero-order valence-corrected chi connectivity index (χ0v) is 21.7. The highest BCUT2D eigenvalue weighted by Gasteiger charge is 2.23. The summed E-state index contributed by atoms with van der Waals surface area (Å²) < 4.78 is 11.6. The summed E-state index contributed by atoms with van der Waals surface area (Å²) in [5.41, 5.74) is 6.88. The van der Waals surface area contributed by atoms with Gasteiger partial charge in [-0.05, 0) is 57.9 Å². The first-order chi connectivity index (χ1) is 16.3. The maximum absolute atomic E-state index is 12.4. The average molecular weight is 477 g/mol. The van der Waals surface area contributed by atoms with Crippen molar-refractivity contribution in [3.8, 4) is 11.5 Å². The van der Waals surface area contributed by atoms with E-state index in [1.54, 1.807) is 6.92 Å². The third-order valence-corrected chi connectivity index (χ3v) is 5.74. The molecule has 0 bridgehead atoms. The lowest BCUT2D eigenvalue weighted by Crippen LogP contribution is -2.48. The Bertz CT molecular complexity index is 1210. The number of benzene rings is 3. The van der Waals surface area contributed by atoms with Crippen LogP contribution in [0, 0.1) is 0 Å². The maximum atomic E-state index is 12.4. The molecule has 2 N–H and O–H groups in total. The van der Waals surface area contributed by atoms with Crippen molar-refractivity contribution in [2.24, 2.45) is 0 Å². The van der Waals surface area contributed by atoms with Gasteiger partial charge in [0.15, 0.2) is 12.7 Å². The minimum absolute atomic E-state index is 0.00575. The standard InChI is InChI=1S/C29H36N2O4/c1-19(35-23-14-12-20-10-8-9-11-21(20)16-23)27(33)31-30-26(32)18-34-25-15-13-22(28(2,3)4)17-24(25)29(5,6)7/h8-17,19H,18H2,1-7H3,(H,30,32)(H,31,33). The van der Waals surface area contributed by atoms with Crippen molar-refractivity contribution < 1.29 is 19.1 Å². The largest absolute Gasteiger partial charge is 0.483 e. The Kier molecular flexibility index (Phi) is 7.73. The molecule has 6 nitrogen and oxygen atoms in total. The predicted octanol–water partition coefficient (Wildman–Crippen LogP) is 5.43. The summed E-state index contributed by atoms with van der Waals surface area (Å²) in [7, 11) is 0. The van der Waals surface area contributed by atoms with Gasteiger partial charge in [0.05, 0.1) is 0 Å². The van der Waals surface area contributed by atoms with Crippen molar-refractivity contribution >= 4 is 22.6 Å². The molecule has 3 aromatic carbocycles. The Hall–Kier alpha value is -3.54. The van der Waals surface area contributed by atoms with Gasteiger partial charge in [0.1, 0.15) is 11.5 Å². The number of hydrogen-bond acceptors (Lipinski definition) is 4. The first-order valence-corrected chi connectivity index (χ1v) is 11.9. The summed E-state index contributed by atoms with van der Waals surface area (Å²) >= 11 is 0. The number of rotatable bonds is 6. The van der Waals surface area contributed by atoms with Crippen molar-refractivity contribution in [3.63, 3.8) is 0 Å². The van der Waals surface area contributed by atoms with E-state index in [1.807, 2.05) is 54.6 Å². The van der Waals surface area contributed by atoms with Crippen LogP contribution in [-0.4, -0.2) is 24.5 Å². The Morgan fingerprint density at radius 2 is 1.51 bits per heavy atom. The van der Waals surface area contributed by atoms with E-state index < -0.39 is 17.9 Å². The summed E-state index contributed by atoms with van der Waals surface area (Å²) in [6.45, 7) is 14.2. The van der Waals surface area contributed by atoms with Gasteiger partial charge in [0, 0.05) is 0 Å². The van der Waals surface area contributed by atoms with Crippen molar-refractivity contribution in [1.82, 2.24) is 10.9 Å². The molecule has 1 atom stereocenters. The number of nitrogens with one attached hydrogen (secondary N) is 2. The van der Waals surface area contributed by atoms with Crippen LogP contribution in [-0.2, 0) is 20.4 Å². The van der Waals surface area contributed by atoms with Crippen LogP contribution in [0.2, 0.25) is 0 Å². The summed E-state index contributed by atoms with van der Waals surface area (Å²) in [5, 5.41) is 2.11. The van der Waals surface area contributed by atoms with E-state index in [0.717, 1.165) is 16.3 Å². The van der Waals surface area contributed by atoms with Gasteiger partial charge in [-0.15, -0.1) is 0 Å². The van der Waals surface area contributed by atoms with Gasteiger partial charge in [-0.2, -0.15) is 0 Å². The van der Waals surface area contributed by atoms with E-state index in [0.29, 0.717) is 11.5 Å². The molecule has 0 aromatic heterocycles. The number of fused-ring (bicyclic) bond motifs is 1. The molecule has 6 heteroatoms. The highest BCUT2D eigenvalue weighted by atomic mass is 16.5. The molecular formula is C29H36N2O4. The van der Waals surface area contributed by atoms with Gasteiger partial charge < -0.3 is 9.47 Å². The van der Waals surface area contributed by atoms with Crippen LogP contribution in [0.5, 0.6) is 11.5 Å². The van der Waals surface area contributed by atoms with E-state index in [1.165, 1.54) is 5.56 Å². The molecule has 35 heavy (non-hydrogen) atoms. The average Bonchev–Trinajstić information content (AvgIpc) is 2.79. The van der Waals surface area contributed by atoms with Gasteiger partial charge >= 0.3 is 0 Å². The number of hydrogen-bond donors (Lipinski definition) is 2. The topological polar surface area (TPSA) is 76.7 Å². The molecule has 0 aliphatic carbocycles. The van der Waals surface area contributed by atoms with Crippen LogP contribution in [0.15, 0.2) is 60.7 Å². The van der Waals surface area contributed by atoms with Gasteiger partial charge in [0.25, 0.3) is 11.8 Å². The minimum atomic E-state index is -0.796. The summed E-state index contributed by atoms with van der Waals surface area (Å²) in [5.74, 6) is 0.307. The number of ether oxygens (including phenoxy) is 2. The van der Waals surface area contributed by atoms with Crippen molar-refractivity contribution in [1.29, 1.82) is 0 Å². The number of carbonyl (C=O) groups excluding carboxylic acids is 2. The van der Waals surface area contributed by atoms with Crippen LogP contribution < -0.4 is 20.3 Å². The zero-order chi connectivity index (χ0) is 25.8. The lowest BCUT2D eigenvalue weighted by Gasteiger charge is -2.27. The maximum Gasteiger partial charge on any atom is 0.279 e. The van der Waals surface area contributed by atoms with E-state index in [9.17, 15) is 9.59 Å². The van der Waals surface area contributed by atoms with Crippen molar-refractivity contribution in [3.05, 3.63) is 71.8 Å². The molecule has 1 unspecified atom stereocenters. The fourth-order valence-corrected chi connectivity index (χ4v) is 3.62. The highest BCUT2D eigenvalue weighted by molar-refractivity contribution is 5.86. The molecule has 0 saturated carbocycles. The van der Waals surface area contributed by atoms with Crippen molar-refractivity contribution in [2.45, 2.75) is 65.4 Å². The van der Waals surface area contributed by atoms with Crippen LogP contribution in [0.4, 0.5) is 0 Å². The van der Waals surface area contributed by atoms with Crippen LogP contribution in [0.25, 0.3) is 10.8 Å². The normalized spacial score (nSPS) is 12.7. The lowest BCUT2D eigenvalue weighted by atomic mass is 9.80. The lowest BCUT2D eigenvalue weighted by molar-refractivity contribution is -0.133. The Morgan fingerprint density at radius 1 is 0.829 bits per heavy atom. The van der Waals surface area contributed by atoms with Gasteiger partial charge in [-0.25, -0.2) is 0 Å². The molecule has 0 radical (unpaired) electrons. The number of carbonyl (C=O) groups is 2. The van der Waals surface area contributed by atoms with Crippen molar-refractivity contribution in [2.75, 3.05) is 6.61 Å². The molecule has 3 rings (SSSR count). The Labute approximate surface area is 208 Å². The van der Waals surface area contributed by atoms with E-state index in [2.05, 4.69) is 58.5 Å². The Balaban J connectivity index is 1.54. The summed E-state index contributed by atoms with van der Waals surface area (Å²) in [6, 6.07) is 19.6. The zero-order valence-electron chi connectivity index (χ0n) is 21.7. The second kappa shape index (κ2) is 10.4. The molecular weight excluding hydrogens is 440 g/mol. The first kappa shape index (κ1) is 26.1. The van der Waals surface area contributed by atoms with Gasteiger partial charge in [-0.3, -0.25) is 20.4 Å². The summed E-state index contributed by atoms with van der Waals surface area (Å²) in [4.78, 5) is 24.8. The molecule has 186 valence electrons. The van der Waals surface area contributed by atoms with Crippen LogP contribution in [0.1, 0.15) is 59.6 Å². The molecule has 0 fully saturated rings. The number of hydrazine groups is 1. The van der Waals surface area contributed by atoms with E-state index in [4.69, 9.17) is 9.47 Å². The molecule has 0 saturated heterocycles. The van der Waals surface area contributed by atoms with E-state index in [-0.39, 0.29) is 17.4 Å². The first-order valence-electron chi connectivity index (χ1n) is 11.9. The predicted molar refractivity (Wildman–Crippen MR) is 140 cm³/mol. The van der Waals surface area contributed by atoms with Crippen LogP contribution >= 0.6 is 0 Å². The van der Waals surface area contributed by atoms with Gasteiger partial charge in [0.2, 0.25) is 0 Å². The smallest absolute Gasteiger partial charge is 0.279 e. The monoisotopic (exact) mass is 476 g/mol. The van der Waals surface area contributed by atoms with E-state index >= 15 is 0 Å². The summed E-state index contributed by atoms with van der Waals surface area (Å²) in [6.07, 6.45) is -0.796.